The molecule has 0 aliphatic carbocycles. The third kappa shape index (κ3) is 6.33. The van der Waals surface area contributed by atoms with Gasteiger partial charge in [-0.05, 0) is 51.2 Å². The maximum atomic E-state index is 12.6. The second kappa shape index (κ2) is 11.2. The van der Waals surface area contributed by atoms with Crippen LogP contribution in [0.3, 0.4) is 0 Å². The van der Waals surface area contributed by atoms with Gasteiger partial charge in [0, 0.05) is 57.4 Å². The normalized spacial score (nSPS) is 17.7. The molecule has 1 aromatic rings. The number of fused-ring (bicyclic) bond motifs is 1. The van der Waals surface area contributed by atoms with Crippen molar-refractivity contribution in [2.24, 2.45) is 4.99 Å². The first kappa shape index (κ1) is 22.3. The van der Waals surface area contributed by atoms with Gasteiger partial charge >= 0.3 is 0 Å². The van der Waals surface area contributed by atoms with E-state index in [-0.39, 0.29) is 5.91 Å². The number of para-hydroxylation sites is 1. The van der Waals surface area contributed by atoms with Crippen LogP contribution in [-0.2, 0) is 11.2 Å². The molecule has 2 aliphatic heterocycles. The molecule has 1 saturated heterocycles. The lowest BCUT2D eigenvalue weighted by Gasteiger charge is -2.33. The van der Waals surface area contributed by atoms with Crippen molar-refractivity contribution in [3.05, 3.63) is 42.0 Å². The van der Waals surface area contributed by atoms with Crippen LogP contribution in [0, 0.1) is 0 Å². The van der Waals surface area contributed by atoms with Crippen LogP contribution in [0.4, 0.5) is 5.69 Å². The third-order valence-corrected chi connectivity index (χ3v) is 5.77. The summed E-state index contributed by atoms with van der Waals surface area (Å²) < 4.78 is 0. The Morgan fingerprint density at radius 1 is 1.23 bits per heavy atom. The first-order valence-corrected chi connectivity index (χ1v) is 11.4. The van der Waals surface area contributed by atoms with Crippen LogP contribution in [0.1, 0.15) is 45.1 Å². The fourth-order valence-corrected chi connectivity index (χ4v) is 4.28. The number of carbonyl (C=O) groups excluding carboxylic acids is 1. The van der Waals surface area contributed by atoms with Gasteiger partial charge in [-0.15, -0.1) is 0 Å². The number of likely N-dealkylation sites (tertiary alicyclic amines) is 1. The molecule has 164 valence electrons. The zero-order valence-electron chi connectivity index (χ0n) is 18.6. The number of amides is 1. The standard InChI is InChI=1S/C24H37N5O/c1-4-25-24(27-21-12-15-28(16-13-21)18-19(2)3)26-14-7-10-23(30)29-17-11-20-8-5-6-9-22(20)29/h5-6,8-9,21H,2,4,7,10-18H2,1,3H3,(H2,25,26,27). The molecule has 0 radical (unpaired) electrons. The number of piperidine rings is 1. The first-order valence-electron chi connectivity index (χ1n) is 11.4. The monoisotopic (exact) mass is 411 g/mol. The Hall–Kier alpha value is -2.34. The van der Waals surface area contributed by atoms with Crippen LogP contribution in [0.25, 0.3) is 0 Å². The number of nitrogens with one attached hydrogen (secondary N) is 2. The number of nitrogens with zero attached hydrogens (tertiary/aromatic N) is 3. The molecular weight excluding hydrogens is 374 g/mol. The van der Waals surface area contributed by atoms with E-state index < -0.39 is 0 Å². The Morgan fingerprint density at radius 2 is 2.00 bits per heavy atom. The predicted octanol–water partition coefficient (Wildman–Crippen LogP) is 2.95. The highest BCUT2D eigenvalue weighted by atomic mass is 16.2. The largest absolute Gasteiger partial charge is 0.357 e. The molecule has 2 N–H and O–H groups in total. The second-order valence-corrected chi connectivity index (χ2v) is 8.44. The van der Waals surface area contributed by atoms with Crippen LogP contribution >= 0.6 is 0 Å². The number of hydrogen-bond donors (Lipinski definition) is 2. The number of carbonyl (C=O) groups is 1. The number of anilines is 1. The van der Waals surface area contributed by atoms with E-state index in [9.17, 15) is 4.79 Å². The first-order chi connectivity index (χ1) is 14.6. The summed E-state index contributed by atoms with van der Waals surface area (Å²) in [5.74, 6) is 1.08. The van der Waals surface area contributed by atoms with Crippen molar-refractivity contribution in [1.82, 2.24) is 15.5 Å². The average Bonchev–Trinajstić information content (AvgIpc) is 3.16. The molecule has 30 heavy (non-hydrogen) atoms. The van der Waals surface area contributed by atoms with E-state index in [2.05, 4.69) is 42.0 Å². The highest BCUT2D eigenvalue weighted by Gasteiger charge is 2.23. The highest BCUT2D eigenvalue weighted by Crippen LogP contribution is 2.28. The van der Waals surface area contributed by atoms with Gasteiger partial charge in [0.05, 0.1) is 0 Å². The van der Waals surface area contributed by atoms with E-state index in [1.807, 2.05) is 23.1 Å². The molecule has 0 aromatic heterocycles. The lowest BCUT2D eigenvalue weighted by atomic mass is 10.0. The molecule has 2 heterocycles. The molecule has 0 saturated carbocycles. The topological polar surface area (TPSA) is 60.0 Å². The number of hydrogen-bond acceptors (Lipinski definition) is 3. The molecule has 0 spiro atoms. The van der Waals surface area contributed by atoms with Crippen LogP contribution < -0.4 is 15.5 Å². The molecular formula is C24H37N5O. The molecule has 1 aromatic carbocycles. The van der Waals surface area contributed by atoms with E-state index in [1.54, 1.807) is 0 Å². The lowest BCUT2D eigenvalue weighted by molar-refractivity contribution is -0.118. The maximum Gasteiger partial charge on any atom is 0.227 e. The third-order valence-electron chi connectivity index (χ3n) is 5.77. The highest BCUT2D eigenvalue weighted by molar-refractivity contribution is 5.95. The zero-order valence-corrected chi connectivity index (χ0v) is 18.6. The Labute approximate surface area is 181 Å². The average molecular weight is 412 g/mol. The van der Waals surface area contributed by atoms with Crippen LogP contribution in [0.5, 0.6) is 0 Å². The van der Waals surface area contributed by atoms with Gasteiger partial charge in [-0.2, -0.15) is 0 Å². The van der Waals surface area contributed by atoms with Gasteiger partial charge in [0.15, 0.2) is 5.96 Å². The van der Waals surface area contributed by atoms with Crippen molar-refractivity contribution >= 4 is 17.6 Å². The van der Waals surface area contributed by atoms with Gasteiger partial charge in [-0.1, -0.05) is 30.4 Å². The summed E-state index contributed by atoms with van der Waals surface area (Å²) in [6.45, 7) is 13.7. The van der Waals surface area contributed by atoms with Crippen LogP contribution in [-0.4, -0.2) is 62.1 Å². The predicted molar refractivity (Wildman–Crippen MR) is 125 cm³/mol. The SMILES string of the molecule is C=C(C)CN1CCC(NC(=NCCCC(=O)N2CCc3ccccc32)NCC)CC1. The fraction of sp³-hybridized carbons (Fsp3) is 0.583. The van der Waals surface area contributed by atoms with Gasteiger partial charge in [0.1, 0.15) is 0 Å². The van der Waals surface area contributed by atoms with Crippen molar-refractivity contribution in [2.75, 3.05) is 44.2 Å². The van der Waals surface area contributed by atoms with Gasteiger partial charge in [-0.25, -0.2) is 0 Å². The Morgan fingerprint density at radius 3 is 2.73 bits per heavy atom. The zero-order chi connectivity index (χ0) is 21.3. The number of guanidine groups is 1. The Balaban J connectivity index is 1.42. The van der Waals surface area contributed by atoms with Crippen LogP contribution in [0.15, 0.2) is 41.4 Å². The van der Waals surface area contributed by atoms with E-state index in [1.165, 1.54) is 11.1 Å². The summed E-state index contributed by atoms with van der Waals surface area (Å²) in [7, 11) is 0. The van der Waals surface area contributed by atoms with E-state index in [0.717, 1.165) is 70.1 Å². The minimum absolute atomic E-state index is 0.206. The van der Waals surface area contributed by atoms with Crippen molar-refractivity contribution < 1.29 is 4.79 Å². The van der Waals surface area contributed by atoms with Crippen molar-refractivity contribution in [1.29, 1.82) is 0 Å². The molecule has 1 amide bonds. The summed E-state index contributed by atoms with van der Waals surface area (Å²) in [6.07, 6.45) is 4.50. The second-order valence-electron chi connectivity index (χ2n) is 8.44. The summed E-state index contributed by atoms with van der Waals surface area (Å²) in [4.78, 5) is 21.7. The van der Waals surface area contributed by atoms with Crippen molar-refractivity contribution in [3.8, 4) is 0 Å². The minimum Gasteiger partial charge on any atom is -0.357 e. The summed E-state index contributed by atoms with van der Waals surface area (Å²) in [5, 5.41) is 6.93. The number of benzene rings is 1. The number of aliphatic imine (C=N–C) groups is 1. The maximum absolute atomic E-state index is 12.6. The molecule has 0 bridgehead atoms. The van der Waals surface area contributed by atoms with E-state index in [4.69, 9.17) is 4.99 Å². The Kier molecular flexibility index (Phi) is 8.31. The van der Waals surface area contributed by atoms with Gasteiger partial charge in [-0.3, -0.25) is 14.7 Å². The molecule has 6 heteroatoms. The van der Waals surface area contributed by atoms with Crippen LogP contribution in [0.2, 0.25) is 0 Å². The lowest BCUT2D eigenvalue weighted by Crippen LogP contribution is -2.48. The summed E-state index contributed by atoms with van der Waals surface area (Å²) >= 11 is 0. The molecule has 2 aliphatic rings. The molecule has 0 atom stereocenters. The quantitative estimate of drug-likeness (QED) is 0.299. The Bertz CT molecular complexity index is 752. The smallest absolute Gasteiger partial charge is 0.227 e. The van der Waals surface area contributed by atoms with Gasteiger partial charge in [0.2, 0.25) is 5.91 Å². The summed E-state index contributed by atoms with van der Waals surface area (Å²) in [6, 6.07) is 8.66. The van der Waals surface area contributed by atoms with Crippen molar-refractivity contribution in [3.63, 3.8) is 0 Å². The summed E-state index contributed by atoms with van der Waals surface area (Å²) in [5.41, 5.74) is 3.58. The van der Waals surface area contributed by atoms with Gasteiger partial charge in [0.25, 0.3) is 0 Å². The molecule has 3 rings (SSSR count). The molecule has 0 unspecified atom stereocenters. The fourth-order valence-electron chi connectivity index (χ4n) is 4.28. The van der Waals surface area contributed by atoms with Crippen molar-refractivity contribution in [2.45, 2.75) is 52.0 Å². The molecule has 6 nitrogen and oxygen atoms in total. The molecule has 1 fully saturated rings. The minimum atomic E-state index is 0.206. The number of rotatable bonds is 8. The van der Waals surface area contributed by atoms with Gasteiger partial charge < -0.3 is 15.5 Å². The van der Waals surface area contributed by atoms with E-state index >= 15 is 0 Å². The van der Waals surface area contributed by atoms with E-state index in [0.29, 0.717) is 19.0 Å².